The molecule has 2 aromatic heterocycles. The normalized spacial score (nSPS) is 26.3. The van der Waals surface area contributed by atoms with Gasteiger partial charge in [-0.05, 0) is 43.4 Å². The van der Waals surface area contributed by atoms with Gasteiger partial charge in [-0.15, -0.1) is 21.8 Å². The highest BCUT2D eigenvalue weighted by atomic mass is 35.5. The molecule has 1 saturated heterocycles. The van der Waals surface area contributed by atoms with Crippen molar-refractivity contribution in [3.05, 3.63) is 65.9 Å². The van der Waals surface area contributed by atoms with Crippen molar-refractivity contribution < 1.29 is 14.2 Å². The summed E-state index contributed by atoms with van der Waals surface area (Å²) >= 11 is 6.97. The summed E-state index contributed by atoms with van der Waals surface area (Å²) in [5.41, 5.74) is 2.20. The van der Waals surface area contributed by atoms with Gasteiger partial charge in [0.05, 0.1) is 18.9 Å². The molecule has 1 unspecified atom stereocenters. The van der Waals surface area contributed by atoms with Crippen LogP contribution in [0.4, 0.5) is 0 Å². The molecule has 6 rings (SSSR count). The molecule has 4 heterocycles. The van der Waals surface area contributed by atoms with E-state index >= 15 is 0 Å². The molecule has 8 heteroatoms. The number of para-hydroxylation sites is 1. The Morgan fingerprint density at radius 2 is 1.69 bits per heavy atom. The molecule has 2 aliphatic heterocycles. The molecule has 1 spiro atoms. The predicted octanol–water partition coefficient (Wildman–Crippen LogP) is 4.35. The highest BCUT2D eigenvalue weighted by molar-refractivity contribution is 6.21. The first-order chi connectivity index (χ1) is 15.7. The third-order valence-electron chi connectivity index (χ3n) is 6.74. The molecule has 1 atom stereocenters. The Morgan fingerprint density at radius 3 is 2.47 bits per heavy atom. The van der Waals surface area contributed by atoms with E-state index in [4.69, 9.17) is 25.8 Å². The number of alkyl halides is 1. The first-order valence-corrected chi connectivity index (χ1v) is 11.7. The molecular weight excluding hydrogens is 428 g/mol. The fraction of sp³-hybridized carbons (Fsp3) is 0.458. The molecule has 7 nitrogen and oxygen atoms in total. The molecule has 3 aromatic rings. The van der Waals surface area contributed by atoms with Crippen molar-refractivity contribution in [2.24, 2.45) is 0 Å². The maximum absolute atomic E-state index is 6.97. The van der Waals surface area contributed by atoms with Gasteiger partial charge in [-0.25, -0.2) is 4.98 Å². The van der Waals surface area contributed by atoms with Crippen LogP contribution in [0.3, 0.4) is 0 Å². The van der Waals surface area contributed by atoms with Gasteiger partial charge in [-0.1, -0.05) is 24.3 Å². The maximum atomic E-state index is 6.97. The summed E-state index contributed by atoms with van der Waals surface area (Å²) in [6.45, 7) is 1.07. The van der Waals surface area contributed by atoms with Crippen molar-refractivity contribution in [1.82, 2.24) is 19.7 Å². The van der Waals surface area contributed by atoms with Crippen molar-refractivity contribution in [2.75, 3.05) is 13.2 Å². The lowest BCUT2D eigenvalue weighted by Crippen LogP contribution is -2.37. The Morgan fingerprint density at radius 1 is 0.938 bits per heavy atom. The zero-order chi connectivity index (χ0) is 21.5. The van der Waals surface area contributed by atoms with E-state index < -0.39 is 11.2 Å². The second-order valence-electron chi connectivity index (χ2n) is 8.69. The third-order valence-corrected chi connectivity index (χ3v) is 7.26. The Bertz CT molecular complexity index is 1090. The molecule has 0 bridgehead atoms. The molecule has 0 N–H and O–H groups in total. The predicted molar refractivity (Wildman–Crippen MR) is 118 cm³/mol. The number of pyridine rings is 1. The highest BCUT2D eigenvalue weighted by Gasteiger charge is 2.49. The SMILES string of the molecule is ClC1c2nnc([C@H]3CC[C@H](Oc4ccccn4)CC3)n2-c2ccccc2CC12OCCO2. The molecule has 1 saturated carbocycles. The van der Waals surface area contributed by atoms with Crippen LogP contribution in [-0.2, 0) is 15.9 Å². The van der Waals surface area contributed by atoms with Gasteiger partial charge in [0.25, 0.3) is 0 Å². The van der Waals surface area contributed by atoms with Crippen LogP contribution in [-0.4, -0.2) is 44.9 Å². The Kier molecular flexibility index (Phi) is 5.12. The third kappa shape index (κ3) is 3.39. The zero-order valence-corrected chi connectivity index (χ0v) is 18.4. The maximum Gasteiger partial charge on any atom is 0.213 e. The molecule has 166 valence electrons. The molecule has 1 aromatic carbocycles. The fourth-order valence-electron chi connectivity index (χ4n) is 5.16. The number of hydrogen-bond donors (Lipinski definition) is 0. The lowest BCUT2D eigenvalue weighted by atomic mass is 9.86. The van der Waals surface area contributed by atoms with Crippen molar-refractivity contribution in [2.45, 2.75) is 55.3 Å². The fourth-order valence-corrected chi connectivity index (χ4v) is 5.50. The molecule has 32 heavy (non-hydrogen) atoms. The van der Waals surface area contributed by atoms with Gasteiger partial charge in [0, 0.05) is 24.6 Å². The van der Waals surface area contributed by atoms with E-state index in [9.17, 15) is 0 Å². The Hall–Kier alpha value is -2.48. The topological polar surface area (TPSA) is 71.3 Å². The molecular formula is C24H25ClN4O3. The van der Waals surface area contributed by atoms with Crippen molar-refractivity contribution in [3.63, 3.8) is 0 Å². The van der Waals surface area contributed by atoms with E-state index in [1.807, 2.05) is 30.3 Å². The lowest BCUT2D eigenvalue weighted by molar-refractivity contribution is -0.159. The molecule has 0 amide bonds. The molecule has 1 aliphatic carbocycles. The standard InChI is InChI=1S/C24H25ClN4O3/c25-21-23-28-27-22(16-8-10-18(11-9-16)32-20-7-3-4-12-26-20)29(23)19-6-2-1-5-17(19)15-24(21)30-13-14-31-24/h1-7,12,16,18,21H,8-11,13-15H2/t16-,18-,21?. The quantitative estimate of drug-likeness (QED) is 0.550. The minimum Gasteiger partial charge on any atom is -0.474 e. The average Bonchev–Trinajstić information content (AvgIpc) is 3.46. The zero-order valence-electron chi connectivity index (χ0n) is 17.7. The van der Waals surface area contributed by atoms with Crippen LogP contribution < -0.4 is 4.74 Å². The Labute approximate surface area is 191 Å². The summed E-state index contributed by atoms with van der Waals surface area (Å²) in [7, 11) is 0. The number of nitrogens with zero attached hydrogens (tertiary/aromatic N) is 4. The van der Waals surface area contributed by atoms with Crippen LogP contribution in [0.2, 0.25) is 0 Å². The van der Waals surface area contributed by atoms with Gasteiger partial charge < -0.3 is 14.2 Å². The van der Waals surface area contributed by atoms with Crippen LogP contribution >= 0.6 is 11.6 Å². The van der Waals surface area contributed by atoms with Crippen LogP contribution in [0.25, 0.3) is 5.69 Å². The first-order valence-electron chi connectivity index (χ1n) is 11.3. The number of fused-ring (bicyclic) bond motifs is 3. The van der Waals surface area contributed by atoms with E-state index in [1.54, 1.807) is 6.20 Å². The van der Waals surface area contributed by atoms with Gasteiger partial charge in [0.1, 0.15) is 17.3 Å². The number of rotatable bonds is 3. The average molecular weight is 453 g/mol. The molecule has 0 radical (unpaired) electrons. The van der Waals surface area contributed by atoms with Gasteiger partial charge in [0.2, 0.25) is 5.88 Å². The number of hydrogen-bond acceptors (Lipinski definition) is 6. The molecule has 2 fully saturated rings. The summed E-state index contributed by atoms with van der Waals surface area (Å²) in [5.74, 6) is 1.74. The van der Waals surface area contributed by atoms with Crippen LogP contribution in [0, 0.1) is 0 Å². The number of aromatic nitrogens is 4. The molecule has 3 aliphatic rings. The smallest absolute Gasteiger partial charge is 0.213 e. The lowest BCUT2D eigenvalue weighted by Gasteiger charge is -2.29. The van der Waals surface area contributed by atoms with Gasteiger partial charge in [0.15, 0.2) is 11.6 Å². The number of benzene rings is 1. The van der Waals surface area contributed by atoms with Crippen LogP contribution in [0.1, 0.15) is 54.2 Å². The van der Waals surface area contributed by atoms with Crippen molar-refractivity contribution in [1.29, 1.82) is 0 Å². The van der Waals surface area contributed by atoms with E-state index in [-0.39, 0.29) is 12.0 Å². The second-order valence-corrected chi connectivity index (χ2v) is 9.12. The van der Waals surface area contributed by atoms with Gasteiger partial charge >= 0.3 is 0 Å². The monoisotopic (exact) mass is 452 g/mol. The van der Waals surface area contributed by atoms with E-state index in [0.29, 0.717) is 31.3 Å². The summed E-state index contributed by atoms with van der Waals surface area (Å²) < 4.78 is 20.3. The van der Waals surface area contributed by atoms with Crippen LogP contribution in [0.15, 0.2) is 48.7 Å². The van der Waals surface area contributed by atoms with Crippen molar-refractivity contribution in [3.8, 4) is 11.6 Å². The Balaban J connectivity index is 1.30. The van der Waals surface area contributed by atoms with Gasteiger partial charge in [-0.2, -0.15) is 0 Å². The van der Waals surface area contributed by atoms with E-state index in [2.05, 4.69) is 31.9 Å². The minimum absolute atomic E-state index is 0.171. The van der Waals surface area contributed by atoms with E-state index in [0.717, 1.165) is 42.8 Å². The summed E-state index contributed by atoms with van der Waals surface area (Å²) in [6.07, 6.45) is 6.37. The van der Waals surface area contributed by atoms with E-state index in [1.165, 1.54) is 0 Å². The summed E-state index contributed by atoms with van der Waals surface area (Å²) in [6, 6.07) is 14.1. The second kappa shape index (κ2) is 8.14. The summed E-state index contributed by atoms with van der Waals surface area (Å²) in [4.78, 5) is 4.29. The largest absolute Gasteiger partial charge is 0.474 e. The van der Waals surface area contributed by atoms with Gasteiger partial charge in [-0.3, -0.25) is 4.57 Å². The number of halogens is 1. The first kappa shape index (κ1) is 20.1. The van der Waals surface area contributed by atoms with Crippen molar-refractivity contribution >= 4 is 11.6 Å². The highest BCUT2D eigenvalue weighted by Crippen LogP contribution is 2.46. The number of ether oxygens (including phenoxy) is 3. The minimum atomic E-state index is -0.898. The summed E-state index contributed by atoms with van der Waals surface area (Å²) in [5, 5.41) is 8.66. The van der Waals surface area contributed by atoms with Crippen LogP contribution in [0.5, 0.6) is 5.88 Å².